The molecule has 1 rings (SSSR count). The van der Waals surface area contributed by atoms with Crippen LogP contribution in [-0.2, 0) is 10.0 Å². The third kappa shape index (κ3) is 4.37. The summed E-state index contributed by atoms with van der Waals surface area (Å²) in [6.45, 7) is 7.12. The van der Waals surface area contributed by atoms with Crippen molar-refractivity contribution in [1.29, 1.82) is 0 Å². The van der Waals surface area contributed by atoms with Crippen LogP contribution in [0.5, 0.6) is 0 Å². The van der Waals surface area contributed by atoms with Crippen molar-refractivity contribution in [2.45, 2.75) is 26.3 Å². The molecular formula is C10H23N3O2S. The molecule has 0 spiro atoms. The second-order valence-corrected chi connectivity index (χ2v) is 6.63. The van der Waals surface area contributed by atoms with E-state index in [2.05, 4.69) is 23.5 Å². The van der Waals surface area contributed by atoms with Gasteiger partial charge in [0, 0.05) is 25.7 Å². The summed E-state index contributed by atoms with van der Waals surface area (Å²) in [6.07, 6.45) is 1.07. The van der Waals surface area contributed by atoms with Crippen molar-refractivity contribution in [3.05, 3.63) is 0 Å². The highest BCUT2D eigenvalue weighted by molar-refractivity contribution is 7.89. The van der Waals surface area contributed by atoms with Crippen molar-refractivity contribution in [2.24, 2.45) is 11.7 Å². The highest BCUT2D eigenvalue weighted by Crippen LogP contribution is 2.17. The monoisotopic (exact) mass is 249 g/mol. The molecule has 0 aromatic heterocycles. The summed E-state index contributed by atoms with van der Waals surface area (Å²) >= 11 is 0. The van der Waals surface area contributed by atoms with Gasteiger partial charge in [0.1, 0.15) is 0 Å². The summed E-state index contributed by atoms with van der Waals surface area (Å²) in [7, 11) is -3.15. The van der Waals surface area contributed by atoms with E-state index in [1.807, 2.05) is 0 Å². The molecule has 1 aliphatic heterocycles. The summed E-state index contributed by atoms with van der Waals surface area (Å²) in [4.78, 5) is 2.38. The molecule has 0 aromatic carbocycles. The molecule has 3 N–H and O–H groups in total. The second kappa shape index (κ2) is 5.95. The first-order valence-corrected chi connectivity index (χ1v) is 7.51. The predicted octanol–water partition coefficient (Wildman–Crippen LogP) is -0.405. The van der Waals surface area contributed by atoms with Crippen molar-refractivity contribution < 1.29 is 8.42 Å². The molecule has 1 heterocycles. The van der Waals surface area contributed by atoms with Crippen LogP contribution in [-0.4, -0.2) is 51.3 Å². The molecule has 0 bridgehead atoms. The maximum absolute atomic E-state index is 11.4. The van der Waals surface area contributed by atoms with Gasteiger partial charge in [0.25, 0.3) is 0 Å². The smallest absolute Gasteiger partial charge is 0.212 e. The van der Waals surface area contributed by atoms with Crippen molar-refractivity contribution in [3.8, 4) is 0 Å². The Morgan fingerprint density at radius 2 is 2.19 bits per heavy atom. The zero-order chi connectivity index (χ0) is 12.2. The summed E-state index contributed by atoms with van der Waals surface area (Å²) in [6, 6.07) is 0.547. The van der Waals surface area contributed by atoms with E-state index in [1.165, 1.54) is 0 Å². The highest BCUT2D eigenvalue weighted by atomic mass is 32.2. The maximum Gasteiger partial charge on any atom is 0.212 e. The minimum absolute atomic E-state index is 0.0214. The molecule has 96 valence electrons. The van der Waals surface area contributed by atoms with Crippen LogP contribution >= 0.6 is 0 Å². The molecule has 5 nitrogen and oxygen atoms in total. The minimum atomic E-state index is -3.15. The van der Waals surface area contributed by atoms with Crippen LogP contribution in [0.1, 0.15) is 20.3 Å². The first kappa shape index (κ1) is 13.9. The summed E-state index contributed by atoms with van der Waals surface area (Å²) < 4.78 is 25.4. The Balaban J connectivity index is 2.30. The molecule has 0 saturated carbocycles. The average molecular weight is 249 g/mol. The van der Waals surface area contributed by atoms with Crippen LogP contribution in [0.2, 0.25) is 0 Å². The SMILES string of the molecule is CC(C)N1CCC(CNS(=O)(=O)CCN)C1. The van der Waals surface area contributed by atoms with Gasteiger partial charge in [-0.1, -0.05) is 0 Å². The van der Waals surface area contributed by atoms with E-state index in [9.17, 15) is 8.42 Å². The number of likely N-dealkylation sites (tertiary alicyclic amines) is 1. The molecule has 16 heavy (non-hydrogen) atoms. The van der Waals surface area contributed by atoms with Crippen LogP contribution in [0.15, 0.2) is 0 Å². The second-order valence-electron chi connectivity index (χ2n) is 4.70. The van der Waals surface area contributed by atoms with Gasteiger partial charge >= 0.3 is 0 Å². The van der Waals surface area contributed by atoms with Gasteiger partial charge in [-0.3, -0.25) is 0 Å². The lowest BCUT2D eigenvalue weighted by molar-refractivity contribution is 0.265. The van der Waals surface area contributed by atoms with Crippen LogP contribution in [0, 0.1) is 5.92 Å². The Labute approximate surface area is 98.4 Å². The van der Waals surface area contributed by atoms with Crippen molar-refractivity contribution >= 4 is 10.0 Å². The fraction of sp³-hybridized carbons (Fsp3) is 1.00. The minimum Gasteiger partial charge on any atom is -0.329 e. The Kier molecular flexibility index (Phi) is 5.17. The lowest BCUT2D eigenvalue weighted by atomic mass is 10.1. The standard InChI is InChI=1S/C10H23N3O2S/c1-9(2)13-5-3-10(8-13)7-12-16(14,15)6-4-11/h9-10,12H,3-8,11H2,1-2H3. The third-order valence-corrected chi connectivity index (χ3v) is 4.41. The van der Waals surface area contributed by atoms with Crippen molar-refractivity contribution in [1.82, 2.24) is 9.62 Å². The molecule has 0 radical (unpaired) electrons. The zero-order valence-corrected chi connectivity index (χ0v) is 11.0. The lowest BCUT2D eigenvalue weighted by Crippen LogP contribution is -2.35. The van der Waals surface area contributed by atoms with E-state index in [4.69, 9.17) is 5.73 Å². The molecule has 6 heteroatoms. The van der Waals surface area contributed by atoms with E-state index in [1.54, 1.807) is 0 Å². The van der Waals surface area contributed by atoms with E-state index in [0.717, 1.165) is 19.5 Å². The van der Waals surface area contributed by atoms with Crippen molar-refractivity contribution in [3.63, 3.8) is 0 Å². The molecule has 1 fully saturated rings. The van der Waals surface area contributed by atoms with Crippen LogP contribution < -0.4 is 10.5 Å². The van der Waals surface area contributed by atoms with Crippen molar-refractivity contribution in [2.75, 3.05) is 31.9 Å². The fourth-order valence-corrected chi connectivity index (χ4v) is 2.91. The number of nitrogens with two attached hydrogens (primary N) is 1. The highest BCUT2D eigenvalue weighted by Gasteiger charge is 2.24. The predicted molar refractivity (Wildman–Crippen MR) is 65.7 cm³/mol. The zero-order valence-electron chi connectivity index (χ0n) is 10.1. The topological polar surface area (TPSA) is 75.4 Å². The number of sulfonamides is 1. The van der Waals surface area contributed by atoms with E-state index in [0.29, 0.717) is 18.5 Å². The molecule has 1 atom stereocenters. The van der Waals surface area contributed by atoms with Gasteiger partial charge in [-0.15, -0.1) is 0 Å². The number of nitrogens with one attached hydrogen (secondary N) is 1. The number of hydrogen-bond acceptors (Lipinski definition) is 4. The number of nitrogens with zero attached hydrogens (tertiary/aromatic N) is 1. The first-order valence-electron chi connectivity index (χ1n) is 5.86. The van der Waals surface area contributed by atoms with Gasteiger partial charge in [0.2, 0.25) is 10.0 Å². The summed E-state index contributed by atoms with van der Waals surface area (Å²) in [5.41, 5.74) is 5.23. The number of rotatable bonds is 6. The normalized spacial score (nSPS) is 23.1. The van der Waals surface area contributed by atoms with E-state index in [-0.39, 0.29) is 12.3 Å². The molecule has 1 unspecified atom stereocenters. The van der Waals surface area contributed by atoms with Gasteiger partial charge in [-0.2, -0.15) is 0 Å². The average Bonchev–Trinajstić information content (AvgIpc) is 2.63. The molecule has 0 aliphatic carbocycles. The third-order valence-electron chi connectivity index (χ3n) is 3.03. The van der Waals surface area contributed by atoms with Crippen LogP contribution in [0.25, 0.3) is 0 Å². The summed E-state index contributed by atoms with van der Waals surface area (Å²) in [5.74, 6) is 0.461. The van der Waals surface area contributed by atoms with Crippen LogP contribution in [0.4, 0.5) is 0 Å². The van der Waals surface area contributed by atoms with E-state index >= 15 is 0 Å². The van der Waals surface area contributed by atoms with Gasteiger partial charge in [-0.05, 0) is 32.7 Å². The Bertz CT molecular complexity index is 303. The molecule has 1 aliphatic rings. The summed E-state index contributed by atoms with van der Waals surface area (Å²) in [5, 5.41) is 0. The van der Waals surface area contributed by atoms with E-state index < -0.39 is 10.0 Å². The van der Waals surface area contributed by atoms with Crippen LogP contribution in [0.3, 0.4) is 0 Å². The molecular weight excluding hydrogens is 226 g/mol. The Hall–Kier alpha value is -0.170. The first-order chi connectivity index (χ1) is 7.44. The Morgan fingerprint density at radius 3 is 2.69 bits per heavy atom. The van der Waals surface area contributed by atoms with Gasteiger partial charge in [0.05, 0.1) is 5.75 Å². The largest absolute Gasteiger partial charge is 0.329 e. The Morgan fingerprint density at radius 1 is 1.50 bits per heavy atom. The number of hydrogen-bond donors (Lipinski definition) is 2. The maximum atomic E-state index is 11.4. The van der Waals surface area contributed by atoms with Gasteiger partial charge in [0.15, 0.2) is 0 Å². The molecule has 0 amide bonds. The quantitative estimate of drug-likeness (QED) is 0.671. The van der Waals surface area contributed by atoms with Gasteiger partial charge in [-0.25, -0.2) is 13.1 Å². The lowest BCUT2D eigenvalue weighted by Gasteiger charge is -2.20. The molecule has 0 aromatic rings. The van der Waals surface area contributed by atoms with Gasteiger partial charge < -0.3 is 10.6 Å². The molecule has 1 saturated heterocycles. The fourth-order valence-electron chi connectivity index (χ4n) is 1.97.